The summed E-state index contributed by atoms with van der Waals surface area (Å²) in [6.07, 6.45) is 0. The van der Waals surface area contributed by atoms with Crippen molar-refractivity contribution in [1.82, 2.24) is 24.8 Å². The van der Waals surface area contributed by atoms with Crippen molar-refractivity contribution in [2.45, 2.75) is 13.8 Å². The SMILES string of the molecule is Cc1nc(Nc2cccc(Nc3cc(N4CCN(C)CC4)nc(C)n3)c2)cc(-c2ccccc2)n1. The van der Waals surface area contributed by atoms with Crippen molar-refractivity contribution in [2.24, 2.45) is 0 Å². The maximum atomic E-state index is 4.67. The number of piperazine rings is 1. The molecular formula is C27H30N8. The first-order valence-corrected chi connectivity index (χ1v) is 11.9. The summed E-state index contributed by atoms with van der Waals surface area (Å²) in [5.41, 5.74) is 3.82. The highest BCUT2D eigenvalue weighted by atomic mass is 15.3. The molecule has 1 aliphatic heterocycles. The van der Waals surface area contributed by atoms with Gasteiger partial charge in [-0.05, 0) is 39.1 Å². The smallest absolute Gasteiger partial charge is 0.136 e. The topological polar surface area (TPSA) is 82.1 Å². The van der Waals surface area contributed by atoms with Gasteiger partial charge in [-0.25, -0.2) is 19.9 Å². The van der Waals surface area contributed by atoms with Crippen LogP contribution in [0, 0.1) is 13.8 Å². The number of hydrogen-bond acceptors (Lipinski definition) is 8. The molecule has 3 heterocycles. The lowest BCUT2D eigenvalue weighted by molar-refractivity contribution is 0.312. The Morgan fingerprint density at radius 3 is 1.97 bits per heavy atom. The van der Waals surface area contributed by atoms with Crippen molar-refractivity contribution in [1.29, 1.82) is 0 Å². The molecule has 1 saturated heterocycles. The minimum atomic E-state index is 0.719. The van der Waals surface area contributed by atoms with Crippen molar-refractivity contribution in [3.63, 3.8) is 0 Å². The molecule has 8 nitrogen and oxygen atoms in total. The quantitative estimate of drug-likeness (QED) is 0.420. The van der Waals surface area contributed by atoms with Crippen LogP contribution in [0.3, 0.4) is 0 Å². The molecule has 0 radical (unpaired) electrons. The van der Waals surface area contributed by atoms with Gasteiger partial charge in [0.15, 0.2) is 0 Å². The highest BCUT2D eigenvalue weighted by molar-refractivity contribution is 5.69. The van der Waals surface area contributed by atoms with E-state index in [1.54, 1.807) is 0 Å². The zero-order valence-corrected chi connectivity index (χ0v) is 20.4. The average molecular weight is 467 g/mol. The lowest BCUT2D eigenvalue weighted by atomic mass is 10.1. The second-order valence-corrected chi connectivity index (χ2v) is 8.83. The number of anilines is 5. The number of likely N-dealkylation sites (N-methyl/N-ethyl adjacent to an activating group) is 1. The molecule has 0 bridgehead atoms. The van der Waals surface area contributed by atoms with Crippen LogP contribution in [0.2, 0.25) is 0 Å². The number of aryl methyl sites for hydroxylation is 2. The first kappa shape index (κ1) is 22.7. The third kappa shape index (κ3) is 5.73. The van der Waals surface area contributed by atoms with E-state index in [4.69, 9.17) is 0 Å². The molecule has 1 fully saturated rings. The molecule has 2 N–H and O–H groups in total. The van der Waals surface area contributed by atoms with E-state index in [9.17, 15) is 0 Å². The third-order valence-corrected chi connectivity index (χ3v) is 5.97. The Morgan fingerprint density at radius 2 is 1.29 bits per heavy atom. The van der Waals surface area contributed by atoms with Crippen molar-refractivity contribution >= 4 is 28.8 Å². The van der Waals surface area contributed by atoms with Gasteiger partial charge in [-0.15, -0.1) is 0 Å². The first-order valence-electron chi connectivity index (χ1n) is 11.9. The minimum Gasteiger partial charge on any atom is -0.354 e. The van der Waals surface area contributed by atoms with Gasteiger partial charge in [0, 0.05) is 55.2 Å². The van der Waals surface area contributed by atoms with Gasteiger partial charge < -0.3 is 20.4 Å². The van der Waals surface area contributed by atoms with Gasteiger partial charge in [-0.3, -0.25) is 0 Å². The number of benzene rings is 2. The van der Waals surface area contributed by atoms with Crippen LogP contribution in [0.25, 0.3) is 11.3 Å². The Kier molecular flexibility index (Phi) is 6.54. The summed E-state index contributed by atoms with van der Waals surface area (Å²) in [5.74, 6) is 3.97. The van der Waals surface area contributed by atoms with Crippen molar-refractivity contribution in [2.75, 3.05) is 48.8 Å². The molecule has 5 rings (SSSR count). The number of rotatable bonds is 6. The van der Waals surface area contributed by atoms with Crippen LogP contribution in [-0.4, -0.2) is 58.1 Å². The lowest BCUT2D eigenvalue weighted by Crippen LogP contribution is -2.44. The van der Waals surface area contributed by atoms with Crippen LogP contribution in [0.1, 0.15) is 11.6 Å². The fourth-order valence-electron chi connectivity index (χ4n) is 4.17. The largest absolute Gasteiger partial charge is 0.354 e. The summed E-state index contributed by atoms with van der Waals surface area (Å²) in [6.45, 7) is 7.85. The summed E-state index contributed by atoms with van der Waals surface area (Å²) >= 11 is 0. The Hall–Kier alpha value is -4.04. The minimum absolute atomic E-state index is 0.719. The number of aromatic nitrogens is 4. The number of nitrogens with zero attached hydrogens (tertiary/aromatic N) is 6. The number of hydrogen-bond donors (Lipinski definition) is 2. The Balaban J connectivity index is 1.34. The molecule has 2 aromatic heterocycles. The summed E-state index contributed by atoms with van der Waals surface area (Å²) in [6, 6.07) is 22.2. The Labute approximate surface area is 206 Å². The highest BCUT2D eigenvalue weighted by Crippen LogP contribution is 2.26. The molecule has 8 heteroatoms. The molecule has 0 amide bonds. The molecule has 0 unspecified atom stereocenters. The Morgan fingerprint density at radius 1 is 0.657 bits per heavy atom. The lowest BCUT2D eigenvalue weighted by Gasteiger charge is -2.33. The first-order chi connectivity index (χ1) is 17.0. The predicted octanol–water partition coefficient (Wildman–Crippen LogP) is 4.79. The molecule has 0 aliphatic carbocycles. The predicted molar refractivity (Wildman–Crippen MR) is 142 cm³/mol. The van der Waals surface area contributed by atoms with E-state index in [0.717, 1.165) is 77.9 Å². The fourth-order valence-corrected chi connectivity index (χ4v) is 4.17. The van der Waals surface area contributed by atoms with Crippen molar-refractivity contribution in [3.8, 4) is 11.3 Å². The summed E-state index contributed by atoms with van der Waals surface area (Å²) in [4.78, 5) is 23.1. The van der Waals surface area contributed by atoms with Crippen LogP contribution in [-0.2, 0) is 0 Å². The third-order valence-electron chi connectivity index (χ3n) is 5.97. The second kappa shape index (κ2) is 10.1. The summed E-state index contributed by atoms with van der Waals surface area (Å²) in [7, 11) is 2.15. The molecular weight excluding hydrogens is 436 g/mol. The molecule has 178 valence electrons. The molecule has 0 saturated carbocycles. The molecule has 35 heavy (non-hydrogen) atoms. The summed E-state index contributed by atoms with van der Waals surface area (Å²) in [5, 5.41) is 6.87. The van der Waals surface area contributed by atoms with E-state index < -0.39 is 0 Å². The molecule has 4 aromatic rings. The van der Waals surface area contributed by atoms with Gasteiger partial charge in [0.2, 0.25) is 0 Å². The molecule has 1 aliphatic rings. The maximum Gasteiger partial charge on any atom is 0.136 e. The number of nitrogens with one attached hydrogen (secondary N) is 2. The Bertz CT molecular complexity index is 1300. The summed E-state index contributed by atoms with van der Waals surface area (Å²) < 4.78 is 0. The van der Waals surface area contributed by atoms with Crippen LogP contribution >= 0.6 is 0 Å². The normalized spacial score (nSPS) is 14.1. The van der Waals surface area contributed by atoms with Gasteiger partial charge in [-0.2, -0.15) is 0 Å². The highest BCUT2D eigenvalue weighted by Gasteiger charge is 2.16. The molecule has 2 aromatic carbocycles. The van der Waals surface area contributed by atoms with Crippen molar-refractivity contribution in [3.05, 3.63) is 78.4 Å². The van der Waals surface area contributed by atoms with Gasteiger partial charge >= 0.3 is 0 Å². The molecule has 0 spiro atoms. The van der Waals surface area contributed by atoms with E-state index in [1.807, 2.05) is 68.4 Å². The van der Waals surface area contributed by atoms with Crippen LogP contribution < -0.4 is 15.5 Å². The molecule has 0 atom stereocenters. The van der Waals surface area contributed by atoms with E-state index >= 15 is 0 Å². The van der Waals surface area contributed by atoms with E-state index in [0.29, 0.717) is 0 Å². The van der Waals surface area contributed by atoms with Gasteiger partial charge in [0.05, 0.1) is 5.69 Å². The second-order valence-electron chi connectivity index (χ2n) is 8.83. The van der Waals surface area contributed by atoms with Crippen LogP contribution in [0.15, 0.2) is 66.7 Å². The average Bonchev–Trinajstić information content (AvgIpc) is 2.84. The standard InChI is InChI=1S/C27H30N8/c1-19-28-24(21-8-5-4-6-9-21)17-25(29-19)32-22-10-7-11-23(16-22)33-26-18-27(31-20(2)30-26)35-14-12-34(3)13-15-35/h4-11,16-18H,12-15H2,1-3H3,(H,28,29,32)(H,30,31,33). The zero-order chi connectivity index (χ0) is 24.2. The maximum absolute atomic E-state index is 4.67. The van der Waals surface area contributed by atoms with Gasteiger partial charge in [-0.1, -0.05) is 36.4 Å². The zero-order valence-electron chi connectivity index (χ0n) is 20.4. The van der Waals surface area contributed by atoms with Crippen LogP contribution in [0.5, 0.6) is 0 Å². The monoisotopic (exact) mass is 466 g/mol. The van der Waals surface area contributed by atoms with E-state index in [1.165, 1.54) is 0 Å². The van der Waals surface area contributed by atoms with E-state index in [2.05, 4.69) is 59.5 Å². The van der Waals surface area contributed by atoms with Crippen LogP contribution in [0.4, 0.5) is 28.8 Å². The van der Waals surface area contributed by atoms with Gasteiger partial charge in [0.1, 0.15) is 29.1 Å². The van der Waals surface area contributed by atoms with Crippen molar-refractivity contribution < 1.29 is 0 Å². The fraction of sp³-hybridized carbons (Fsp3) is 0.259. The van der Waals surface area contributed by atoms with E-state index in [-0.39, 0.29) is 0 Å². The van der Waals surface area contributed by atoms with Gasteiger partial charge in [0.25, 0.3) is 0 Å².